The molecule has 1 rings (SSSR count). The number of aromatic nitrogens is 1. The molecule has 0 aliphatic rings. The molecule has 0 atom stereocenters. The van der Waals surface area contributed by atoms with Crippen molar-refractivity contribution in [3.8, 4) is 0 Å². The van der Waals surface area contributed by atoms with E-state index < -0.39 is 10.0 Å². The van der Waals surface area contributed by atoms with Gasteiger partial charge in [-0.25, -0.2) is 18.1 Å². The molecule has 1 aromatic rings. The van der Waals surface area contributed by atoms with Crippen molar-refractivity contribution in [1.82, 2.24) is 20.3 Å². The summed E-state index contributed by atoms with van der Waals surface area (Å²) in [5.74, 6) is 0.708. The molecular weight excluding hydrogens is 437 g/mol. The first-order valence-electron chi connectivity index (χ1n) is 6.72. The van der Waals surface area contributed by atoms with Gasteiger partial charge in [0.2, 0.25) is 10.0 Å². The highest BCUT2D eigenvalue weighted by atomic mass is 127. The van der Waals surface area contributed by atoms with E-state index in [-0.39, 0.29) is 29.7 Å². The van der Waals surface area contributed by atoms with Gasteiger partial charge in [0.1, 0.15) is 5.01 Å². The average Bonchev–Trinajstić information content (AvgIpc) is 2.77. The van der Waals surface area contributed by atoms with Crippen molar-refractivity contribution in [2.24, 2.45) is 4.99 Å². The molecule has 0 spiro atoms. The highest BCUT2D eigenvalue weighted by Crippen LogP contribution is 2.15. The van der Waals surface area contributed by atoms with Gasteiger partial charge in [0, 0.05) is 25.0 Å². The van der Waals surface area contributed by atoms with Gasteiger partial charge < -0.3 is 10.6 Å². The molecule has 7 nitrogen and oxygen atoms in total. The maximum absolute atomic E-state index is 11.3. The molecule has 0 aliphatic carbocycles. The second-order valence-corrected chi connectivity index (χ2v) is 7.78. The van der Waals surface area contributed by atoms with Gasteiger partial charge in [-0.1, -0.05) is 0 Å². The molecule has 0 bridgehead atoms. The van der Waals surface area contributed by atoms with Crippen LogP contribution in [-0.2, 0) is 16.6 Å². The van der Waals surface area contributed by atoms with Gasteiger partial charge in [-0.2, -0.15) is 0 Å². The van der Waals surface area contributed by atoms with Gasteiger partial charge in [-0.3, -0.25) is 4.99 Å². The number of sulfonamides is 1. The van der Waals surface area contributed by atoms with Crippen molar-refractivity contribution >= 4 is 51.3 Å². The summed E-state index contributed by atoms with van der Waals surface area (Å²) in [6.07, 6.45) is 0. The molecule has 10 heteroatoms. The van der Waals surface area contributed by atoms with Crippen LogP contribution in [0.5, 0.6) is 0 Å². The number of rotatable bonds is 7. The van der Waals surface area contributed by atoms with Crippen molar-refractivity contribution in [3.05, 3.63) is 15.6 Å². The summed E-state index contributed by atoms with van der Waals surface area (Å²) < 4.78 is 25.0. The normalized spacial score (nSPS) is 11.9. The Kier molecular flexibility index (Phi) is 10.1. The van der Waals surface area contributed by atoms with Gasteiger partial charge in [0.05, 0.1) is 18.0 Å². The summed E-state index contributed by atoms with van der Waals surface area (Å²) in [5, 5.41) is 7.19. The van der Waals surface area contributed by atoms with Crippen LogP contribution in [0.25, 0.3) is 0 Å². The molecule has 0 amide bonds. The molecular formula is C12H24IN5O2S2. The lowest BCUT2D eigenvalue weighted by Gasteiger charge is -2.11. The molecule has 0 fully saturated rings. The van der Waals surface area contributed by atoms with Crippen LogP contribution in [0.15, 0.2) is 4.99 Å². The van der Waals surface area contributed by atoms with Crippen LogP contribution >= 0.6 is 35.3 Å². The van der Waals surface area contributed by atoms with Crippen LogP contribution in [0, 0.1) is 13.8 Å². The maximum atomic E-state index is 11.3. The zero-order valence-corrected chi connectivity index (χ0v) is 17.2. The molecule has 1 heterocycles. The molecule has 0 saturated carbocycles. The molecule has 3 N–H and O–H groups in total. The third-order valence-corrected chi connectivity index (χ3v) is 5.30. The zero-order valence-electron chi connectivity index (χ0n) is 13.3. The number of thiazole rings is 1. The minimum absolute atomic E-state index is 0. The topological polar surface area (TPSA) is 95.5 Å². The number of halogens is 1. The SMILES string of the molecule is CCS(=O)(=O)NCCNC(=NC)NCc1nc(C)c(C)s1.I. The van der Waals surface area contributed by atoms with Gasteiger partial charge in [-0.15, -0.1) is 35.3 Å². The summed E-state index contributed by atoms with van der Waals surface area (Å²) in [4.78, 5) is 9.73. The largest absolute Gasteiger partial charge is 0.355 e. The maximum Gasteiger partial charge on any atom is 0.211 e. The van der Waals surface area contributed by atoms with Gasteiger partial charge >= 0.3 is 0 Å². The number of aliphatic imine (C=N–C) groups is 1. The molecule has 0 unspecified atom stereocenters. The van der Waals surface area contributed by atoms with Crippen molar-refractivity contribution in [2.75, 3.05) is 25.9 Å². The van der Waals surface area contributed by atoms with E-state index >= 15 is 0 Å². The molecule has 0 saturated heterocycles. The smallest absolute Gasteiger partial charge is 0.211 e. The Morgan fingerprint density at radius 3 is 2.45 bits per heavy atom. The van der Waals surface area contributed by atoms with Crippen LogP contribution < -0.4 is 15.4 Å². The van der Waals surface area contributed by atoms with Crippen molar-refractivity contribution in [1.29, 1.82) is 0 Å². The van der Waals surface area contributed by atoms with Crippen LogP contribution in [0.3, 0.4) is 0 Å². The summed E-state index contributed by atoms with van der Waals surface area (Å²) >= 11 is 1.65. The average molecular weight is 461 g/mol. The quantitative estimate of drug-likeness (QED) is 0.244. The summed E-state index contributed by atoms with van der Waals surface area (Å²) in [6.45, 7) is 7.03. The lowest BCUT2D eigenvalue weighted by molar-refractivity contribution is 0.582. The Morgan fingerprint density at radius 2 is 1.95 bits per heavy atom. The van der Waals surface area contributed by atoms with Crippen LogP contribution in [-0.4, -0.2) is 45.3 Å². The van der Waals surface area contributed by atoms with E-state index in [9.17, 15) is 8.42 Å². The Hall–Kier alpha value is -0.460. The van der Waals surface area contributed by atoms with Crippen molar-refractivity contribution in [3.63, 3.8) is 0 Å². The van der Waals surface area contributed by atoms with E-state index in [4.69, 9.17) is 0 Å². The highest BCUT2D eigenvalue weighted by Gasteiger charge is 2.06. The fourth-order valence-corrected chi connectivity index (χ4v) is 2.98. The van der Waals surface area contributed by atoms with Gasteiger partial charge in [-0.05, 0) is 20.8 Å². The number of hydrogen-bond donors (Lipinski definition) is 3. The van der Waals surface area contributed by atoms with E-state index in [1.807, 2.05) is 13.8 Å². The summed E-state index contributed by atoms with van der Waals surface area (Å²) in [7, 11) is -1.47. The van der Waals surface area contributed by atoms with Gasteiger partial charge in [0.25, 0.3) is 0 Å². The van der Waals surface area contributed by atoms with E-state index in [0.29, 0.717) is 25.6 Å². The first-order valence-corrected chi connectivity index (χ1v) is 9.19. The number of guanidine groups is 1. The Bertz CT molecular complexity index is 567. The second kappa shape index (κ2) is 10.3. The third-order valence-electron chi connectivity index (χ3n) is 2.82. The van der Waals surface area contributed by atoms with Crippen LogP contribution in [0.2, 0.25) is 0 Å². The van der Waals surface area contributed by atoms with Crippen LogP contribution in [0.4, 0.5) is 0 Å². The van der Waals surface area contributed by atoms with E-state index in [0.717, 1.165) is 10.7 Å². The van der Waals surface area contributed by atoms with Crippen molar-refractivity contribution < 1.29 is 8.42 Å². The Morgan fingerprint density at radius 1 is 1.27 bits per heavy atom. The van der Waals surface area contributed by atoms with E-state index in [1.165, 1.54) is 4.88 Å². The standard InChI is InChI=1S/C12H23N5O2S2.HI/c1-5-21(18,19)16-7-6-14-12(13-4)15-8-11-17-9(2)10(3)20-11;/h16H,5-8H2,1-4H3,(H2,13,14,15);1H. The van der Waals surface area contributed by atoms with Crippen LogP contribution in [0.1, 0.15) is 22.5 Å². The summed E-state index contributed by atoms with van der Waals surface area (Å²) in [6, 6.07) is 0. The fourth-order valence-electron chi connectivity index (χ4n) is 1.48. The van der Waals surface area contributed by atoms with Gasteiger partial charge in [0.15, 0.2) is 5.96 Å². The molecule has 22 heavy (non-hydrogen) atoms. The monoisotopic (exact) mass is 461 g/mol. The Balaban J connectivity index is 0.00000441. The van der Waals surface area contributed by atoms with E-state index in [2.05, 4.69) is 25.3 Å². The Labute approximate surface area is 153 Å². The molecule has 0 aliphatic heterocycles. The van der Waals surface area contributed by atoms with E-state index in [1.54, 1.807) is 25.3 Å². The molecule has 0 radical (unpaired) electrons. The molecule has 0 aromatic carbocycles. The molecule has 128 valence electrons. The molecule has 1 aromatic heterocycles. The lowest BCUT2D eigenvalue weighted by atomic mass is 10.4. The first kappa shape index (κ1) is 21.5. The number of aryl methyl sites for hydroxylation is 2. The number of nitrogens with one attached hydrogen (secondary N) is 3. The number of nitrogens with zero attached hydrogens (tertiary/aromatic N) is 2. The van der Waals surface area contributed by atoms with Crippen molar-refractivity contribution in [2.45, 2.75) is 27.3 Å². The zero-order chi connectivity index (χ0) is 15.9. The first-order chi connectivity index (χ1) is 9.88. The third kappa shape index (κ3) is 7.70. The number of hydrogen-bond acceptors (Lipinski definition) is 5. The highest BCUT2D eigenvalue weighted by molar-refractivity contribution is 14.0. The predicted octanol–water partition coefficient (Wildman–Crippen LogP) is 0.982. The predicted molar refractivity (Wildman–Crippen MR) is 103 cm³/mol. The second-order valence-electron chi connectivity index (χ2n) is 4.40. The lowest BCUT2D eigenvalue weighted by Crippen LogP contribution is -2.41. The minimum atomic E-state index is -3.14. The minimum Gasteiger partial charge on any atom is -0.355 e. The fraction of sp³-hybridized carbons (Fsp3) is 0.667. The summed E-state index contributed by atoms with van der Waals surface area (Å²) in [5.41, 5.74) is 1.05.